The summed E-state index contributed by atoms with van der Waals surface area (Å²) in [4.78, 5) is 26.6. The molecule has 7 nitrogen and oxygen atoms in total. The van der Waals surface area contributed by atoms with Crippen molar-refractivity contribution >= 4 is 0 Å². The Morgan fingerprint density at radius 3 is 2.29 bits per heavy atom. The van der Waals surface area contributed by atoms with Gasteiger partial charge in [0.25, 0.3) is 5.56 Å². The number of alkyl halides is 3. The molecule has 0 spiro atoms. The molecule has 0 fully saturated rings. The molecule has 2 aromatic carbocycles. The van der Waals surface area contributed by atoms with Crippen molar-refractivity contribution < 1.29 is 13.2 Å². The zero-order chi connectivity index (χ0) is 25.5. The van der Waals surface area contributed by atoms with Crippen LogP contribution in [0.5, 0.6) is 0 Å². The number of hydrogen-bond acceptors (Lipinski definition) is 4. The average molecular weight is 479 g/mol. The topological polar surface area (TPSA) is 85.6 Å². The van der Waals surface area contributed by atoms with E-state index < -0.39 is 28.9 Å². The number of benzene rings is 2. The van der Waals surface area contributed by atoms with E-state index in [1.165, 1.54) is 30.1 Å². The first kappa shape index (κ1) is 23.8. The van der Waals surface area contributed by atoms with Crippen LogP contribution in [0.25, 0.3) is 22.6 Å². The van der Waals surface area contributed by atoms with Gasteiger partial charge in [-0.05, 0) is 54.4 Å². The number of rotatable bonds is 4. The molecule has 0 atom stereocenters. The first-order valence-electron chi connectivity index (χ1n) is 10.6. The lowest BCUT2D eigenvalue weighted by atomic mass is 10.0. The molecule has 0 amide bonds. The SMILES string of the molecule is CC(C)c1c(-c2ccnn2-c2ccc(C#N)cc2)c(=O)n(C)c(=O)n1-c1cccc(C(F)(F)F)c1. The summed E-state index contributed by atoms with van der Waals surface area (Å²) in [5, 5.41) is 13.4. The fraction of sp³-hybridized carbons (Fsp3) is 0.200. The van der Waals surface area contributed by atoms with Gasteiger partial charge in [-0.2, -0.15) is 23.5 Å². The Kier molecular flexibility index (Phi) is 5.94. The summed E-state index contributed by atoms with van der Waals surface area (Å²) in [6.07, 6.45) is -3.12. The lowest BCUT2D eigenvalue weighted by Crippen LogP contribution is -2.41. The van der Waals surface area contributed by atoms with Crippen molar-refractivity contribution in [2.75, 3.05) is 0 Å². The second kappa shape index (κ2) is 8.76. The first-order chi connectivity index (χ1) is 16.5. The van der Waals surface area contributed by atoms with Crippen LogP contribution in [0.3, 0.4) is 0 Å². The third-order valence-electron chi connectivity index (χ3n) is 5.61. The zero-order valence-corrected chi connectivity index (χ0v) is 19.0. The summed E-state index contributed by atoms with van der Waals surface area (Å²) in [5.41, 5.74) is -0.501. The van der Waals surface area contributed by atoms with Crippen molar-refractivity contribution in [3.63, 3.8) is 0 Å². The second-order valence-corrected chi connectivity index (χ2v) is 8.23. The summed E-state index contributed by atoms with van der Waals surface area (Å²) in [6.45, 7) is 3.51. The van der Waals surface area contributed by atoms with Crippen LogP contribution in [-0.2, 0) is 13.2 Å². The molecule has 0 aliphatic rings. The molecule has 4 aromatic rings. The van der Waals surface area contributed by atoms with E-state index in [1.54, 1.807) is 44.2 Å². The van der Waals surface area contributed by atoms with E-state index in [0.717, 1.165) is 21.3 Å². The smallest absolute Gasteiger partial charge is 0.268 e. The highest BCUT2D eigenvalue weighted by Crippen LogP contribution is 2.32. The van der Waals surface area contributed by atoms with Crippen LogP contribution in [0.15, 0.2) is 70.4 Å². The molecule has 0 aliphatic carbocycles. The standard InChI is InChI=1S/C25H20F3N5O2/c1-15(2)22-21(20-11-12-30-33(20)18-9-7-16(14-29)8-10-18)23(34)31(3)24(35)32(22)19-6-4-5-17(13-19)25(26,27)28/h4-13,15H,1-3H3. The molecule has 0 saturated carbocycles. The maximum Gasteiger partial charge on any atom is 0.416 e. The first-order valence-corrected chi connectivity index (χ1v) is 10.6. The van der Waals surface area contributed by atoms with Gasteiger partial charge in [-0.25, -0.2) is 9.48 Å². The minimum Gasteiger partial charge on any atom is -0.268 e. The van der Waals surface area contributed by atoms with Gasteiger partial charge in [0.05, 0.1) is 46.0 Å². The van der Waals surface area contributed by atoms with E-state index in [9.17, 15) is 22.8 Å². The Bertz CT molecular complexity index is 1570. The van der Waals surface area contributed by atoms with Gasteiger partial charge >= 0.3 is 11.9 Å². The molecule has 178 valence electrons. The number of nitriles is 1. The Labute approximate surface area is 197 Å². The molecule has 10 heteroatoms. The number of aromatic nitrogens is 4. The van der Waals surface area contributed by atoms with Gasteiger partial charge in [0.15, 0.2) is 0 Å². The summed E-state index contributed by atoms with van der Waals surface area (Å²) in [5.74, 6) is -0.412. The third-order valence-corrected chi connectivity index (χ3v) is 5.61. The van der Waals surface area contributed by atoms with E-state index in [0.29, 0.717) is 16.9 Å². The van der Waals surface area contributed by atoms with Crippen molar-refractivity contribution in [2.45, 2.75) is 25.9 Å². The van der Waals surface area contributed by atoms with Gasteiger partial charge in [0, 0.05) is 12.7 Å². The molecule has 0 radical (unpaired) electrons. The third kappa shape index (κ3) is 4.17. The lowest BCUT2D eigenvalue weighted by Gasteiger charge is -2.22. The quantitative estimate of drug-likeness (QED) is 0.434. The fourth-order valence-corrected chi connectivity index (χ4v) is 3.96. The molecular weight excluding hydrogens is 459 g/mol. The fourth-order valence-electron chi connectivity index (χ4n) is 3.96. The Hall–Kier alpha value is -4.39. The molecular formula is C25H20F3N5O2. The molecule has 0 N–H and O–H groups in total. The molecule has 0 saturated heterocycles. The van der Waals surface area contributed by atoms with Gasteiger partial charge in [0.2, 0.25) is 0 Å². The highest BCUT2D eigenvalue weighted by Gasteiger charge is 2.31. The maximum absolute atomic E-state index is 13.4. The van der Waals surface area contributed by atoms with E-state index in [-0.39, 0.29) is 16.9 Å². The highest BCUT2D eigenvalue weighted by atomic mass is 19.4. The minimum absolute atomic E-state index is 0.00480. The van der Waals surface area contributed by atoms with Crippen LogP contribution in [0.2, 0.25) is 0 Å². The number of hydrogen-bond donors (Lipinski definition) is 0. The van der Waals surface area contributed by atoms with Gasteiger partial charge in [-0.15, -0.1) is 0 Å². The second-order valence-electron chi connectivity index (χ2n) is 8.23. The monoisotopic (exact) mass is 479 g/mol. The van der Waals surface area contributed by atoms with Crippen molar-refractivity contribution in [3.05, 3.63) is 98.5 Å². The number of nitrogens with zero attached hydrogens (tertiary/aromatic N) is 5. The van der Waals surface area contributed by atoms with Crippen molar-refractivity contribution in [1.82, 2.24) is 18.9 Å². The minimum atomic E-state index is -4.60. The highest BCUT2D eigenvalue weighted by molar-refractivity contribution is 5.65. The summed E-state index contributed by atoms with van der Waals surface area (Å²) < 4.78 is 43.7. The normalized spacial score (nSPS) is 11.6. The largest absolute Gasteiger partial charge is 0.416 e. The summed E-state index contributed by atoms with van der Waals surface area (Å²) in [6, 6.07) is 14.6. The van der Waals surface area contributed by atoms with Crippen LogP contribution >= 0.6 is 0 Å². The summed E-state index contributed by atoms with van der Waals surface area (Å²) >= 11 is 0. The van der Waals surface area contributed by atoms with Crippen molar-refractivity contribution in [2.24, 2.45) is 7.05 Å². The van der Waals surface area contributed by atoms with Crippen LogP contribution in [-0.4, -0.2) is 18.9 Å². The van der Waals surface area contributed by atoms with Gasteiger partial charge in [-0.3, -0.25) is 13.9 Å². The van der Waals surface area contributed by atoms with Crippen LogP contribution in [0.4, 0.5) is 13.2 Å². The zero-order valence-electron chi connectivity index (χ0n) is 19.0. The molecule has 2 aromatic heterocycles. The molecule has 0 bridgehead atoms. The van der Waals surface area contributed by atoms with Gasteiger partial charge in [0.1, 0.15) is 0 Å². The molecule has 0 unspecified atom stereocenters. The van der Waals surface area contributed by atoms with Crippen LogP contribution in [0, 0.1) is 11.3 Å². The van der Waals surface area contributed by atoms with E-state index >= 15 is 0 Å². The van der Waals surface area contributed by atoms with Crippen molar-refractivity contribution in [1.29, 1.82) is 5.26 Å². The average Bonchev–Trinajstić information content (AvgIpc) is 3.31. The Balaban J connectivity index is 2.06. The van der Waals surface area contributed by atoms with Crippen LogP contribution in [0.1, 0.15) is 36.6 Å². The molecule has 4 rings (SSSR count). The Morgan fingerprint density at radius 1 is 1.00 bits per heavy atom. The van der Waals surface area contributed by atoms with E-state index in [4.69, 9.17) is 5.26 Å². The predicted molar refractivity (Wildman–Crippen MR) is 124 cm³/mol. The Morgan fingerprint density at radius 2 is 1.69 bits per heavy atom. The molecule has 0 aliphatic heterocycles. The molecule has 35 heavy (non-hydrogen) atoms. The van der Waals surface area contributed by atoms with Crippen LogP contribution < -0.4 is 11.2 Å². The predicted octanol–water partition coefficient (Wildman–Crippen LogP) is 4.40. The summed E-state index contributed by atoms with van der Waals surface area (Å²) in [7, 11) is 1.28. The van der Waals surface area contributed by atoms with Gasteiger partial charge < -0.3 is 0 Å². The molecule has 2 heterocycles. The van der Waals surface area contributed by atoms with Crippen molar-refractivity contribution in [3.8, 4) is 28.7 Å². The van der Waals surface area contributed by atoms with Gasteiger partial charge in [-0.1, -0.05) is 19.9 Å². The maximum atomic E-state index is 13.4. The lowest BCUT2D eigenvalue weighted by molar-refractivity contribution is -0.137. The van der Waals surface area contributed by atoms with E-state index in [2.05, 4.69) is 5.10 Å². The van der Waals surface area contributed by atoms with E-state index in [1.807, 2.05) is 6.07 Å². The number of halogens is 3.